The third kappa shape index (κ3) is 3.02. The summed E-state index contributed by atoms with van der Waals surface area (Å²) in [5.41, 5.74) is 2.21. The van der Waals surface area contributed by atoms with Gasteiger partial charge in [0.15, 0.2) is 0 Å². The molecule has 1 aliphatic rings. The number of halogens is 2. The maximum atomic E-state index is 6.04. The van der Waals surface area contributed by atoms with Crippen LogP contribution >= 0.6 is 27.5 Å². The Morgan fingerprint density at radius 1 is 1.20 bits per heavy atom. The zero-order valence-electron chi connectivity index (χ0n) is 11.5. The van der Waals surface area contributed by atoms with E-state index in [0.717, 1.165) is 28.8 Å². The zero-order chi connectivity index (χ0) is 13.9. The molecule has 2 aromatic rings. The molecule has 0 saturated carbocycles. The predicted molar refractivity (Wildman–Crippen MR) is 87.3 cm³/mol. The minimum atomic E-state index is 0.468. The van der Waals surface area contributed by atoms with Gasteiger partial charge in [0.2, 0.25) is 0 Å². The minimum absolute atomic E-state index is 0.468. The summed E-state index contributed by atoms with van der Waals surface area (Å²) in [7, 11) is 0. The summed E-state index contributed by atoms with van der Waals surface area (Å²) in [4.78, 5) is 7.17. The SMILES string of the molecule is ClCc1nc2ccc(Br)cc2n1CCCN1CCCC1. The Labute approximate surface area is 133 Å². The van der Waals surface area contributed by atoms with E-state index in [1.54, 1.807) is 0 Å². The van der Waals surface area contributed by atoms with E-state index in [2.05, 4.69) is 36.4 Å². The molecule has 2 heterocycles. The highest BCUT2D eigenvalue weighted by atomic mass is 79.9. The number of rotatable bonds is 5. The summed E-state index contributed by atoms with van der Waals surface area (Å²) in [6, 6.07) is 6.21. The highest BCUT2D eigenvalue weighted by molar-refractivity contribution is 9.10. The molecule has 0 atom stereocenters. The van der Waals surface area contributed by atoms with Crippen molar-refractivity contribution in [2.45, 2.75) is 31.7 Å². The first-order chi connectivity index (χ1) is 9.78. The number of hydrogen-bond donors (Lipinski definition) is 0. The Hall–Kier alpha value is -0.580. The second-order valence-corrected chi connectivity index (χ2v) is 6.53. The van der Waals surface area contributed by atoms with Crippen molar-refractivity contribution in [3.8, 4) is 0 Å². The van der Waals surface area contributed by atoms with Crippen LogP contribution in [0, 0.1) is 0 Å². The van der Waals surface area contributed by atoms with E-state index < -0.39 is 0 Å². The van der Waals surface area contributed by atoms with Crippen LogP contribution in [0.5, 0.6) is 0 Å². The molecule has 5 heteroatoms. The van der Waals surface area contributed by atoms with Crippen LogP contribution in [0.4, 0.5) is 0 Å². The normalized spacial score (nSPS) is 16.3. The van der Waals surface area contributed by atoms with Crippen molar-refractivity contribution in [3.63, 3.8) is 0 Å². The number of likely N-dealkylation sites (tertiary alicyclic amines) is 1. The summed E-state index contributed by atoms with van der Waals surface area (Å²) >= 11 is 9.58. The lowest BCUT2D eigenvalue weighted by Crippen LogP contribution is -2.21. The highest BCUT2D eigenvalue weighted by Gasteiger charge is 2.13. The van der Waals surface area contributed by atoms with E-state index >= 15 is 0 Å². The molecule has 3 nitrogen and oxygen atoms in total. The second kappa shape index (κ2) is 6.46. The lowest BCUT2D eigenvalue weighted by molar-refractivity contribution is 0.325. The monoisotopic (exact) mass is 355 g/mol. The third-order valence-electron chi connectivity index (χ3n) is 3.96. The fourth-order valence-corrected chi connectivity index (χ4v) is 3.51. The maximum Gasteiger partial charge on any atom is 0.124 e. The molecule has 0 amide bonds. The average Bonchev–Trinajstić information content (AvgIpc) is 3.07. The molecule has 108 valence electrons. The number of aryl methyl sites for hydroxylation is 1. The Morgan fingerprint density at radius 2 is 2.00 bits per heavy atom. The number of fused-ring (bicyclic) bond motifs is 1. The lowest BCUT2D eigenvalue weighted by Gasteiger charge is -2.15. The molecule has 0 spiro atoms. The van der Waals surface area contributed by atoms with Gasteiger partial charge in [-0.15, -0.1) is 11.6 Å². The van der Waals surface area contributed by atoms with Crippen LogP contribution < -0.4 is 0 Å². The largest absolute Gasteiger partial charge is 0.327 e. The van der Waals surface area contributed by atoms with Crippen molar-refractivity contribution in [1.29, 1.82) is 0 Å². The van der Waals surface area contributed by atoms with Gasteiger partial charge in [-0.3, -0.25) is 0 Å². The van der Waals surface area contributed by atoms with Crippen LogP contribution in [0.2, 0.25) is 0 Å². The topological polar surface area (TPSA) is 21.1 Å². The molecule has 20 heavy (non-hydrogen) atoms. The van der Waals surface area contributed by atoms with Gasteiger partial charge in [0.05, 0.1) is 16.9 Å². The second-order valence-electron chi connectivity index (χ2n) is 5.35. The van der Waals surface area contributed by atoms with Crippen molar-refractivity contribution in [1.82, 2.24) is 14.5 Å². The lowest BCUT2D eigenvalue weighted by atomic mass is 10.3. The first-order valence-corrected chi connectivity index (χ1v) is 8.53. The van der Waals surface area contributed by atoms with Crippen LogP contribution in [-0.2, 0) is 12.4 Å². The van der Waals surface area contributed by atoms with E-state index in [4.69, 9.17) is 11.6 Å². The van der Waals surface area contributed by atoms with E-state index in [1.807, 2.05) is 12.1 Å². The molecule has 1 aromatic carbocycles. The Morgan fingerprint density at radius 3 is 2.75 bits per heavy atom. The molecule has 0 N–H and O–H groups in total. The molecule has 1 aliphatic heterocycles. The van der Waals surface area contributed by atoms with Gasteiger partial charge in [0.1, 0.15) is 5.82 Å². The highest BCUT2D eigenvalue weighted by Crippen LogP contribution is 2.22. The van der Waals surface area contributed by atoms with E-state index in [9.17, 15) is 0 Å². The van der Waals surface area contributed by atoms with Crippen molar-refractivity contribution in [2.75, 3.05) is 19.6 Å². The Balaban J connectivity index is 1.76. The van der Waals surface area contributed by atoms with Crippen LogP contribution in [0.25, 0.3) is 11.0 Å². The zero-order valence-corrected chi connectivity index (χ0v) is 13.8. The van der Waals surface area contributed by atoms with E-state index in [1.165, 1.54) is 38.0 Å². The molecule has 3 rings (SSSR count). The summed E-state index contributed by atoms with van der Waals surface area (Å²) in [5.74, 6) is 1.44. The number of benzene rings is 1. The molecular formula is C15H19BrClN3. The number of imidazole rings is 1. The predicted octanol–water partition coefficient (Wildman–Crippen LogP) is 4.02. The molecule has 1 fully saturated rings. The van der Waals surface area contributed by atoms with Crippen LogP contribution in [0.1, 0.15) is 25.1 Å². The fraction of sp³-hybridized carbons (Fsp3) is 0.533. The van der Waals surface area contributed by atoms with E-state index in [-0.39, 0.29) is 0 Å². The number of hydrogen-bond acceptors (Lipinski definition) is 2. The summed E-state index contributed by atoms with van der Waals surface area (Å²) in [5, 5.41) is 0. The molecule has 1 aromatic heterocycles. The molecule has 0 unspecified atom stereocenters. The van der Waals surface area contributed by atoms with Crippen molar-refractivity contribution in [2.24, 2.45) is 0 Å². The van der Waals surface area contributed by atoms with Crippen LogP contribution in [-0.4, -0.2) is 34.1 Å². The Bertz CT molecular complexity index is 590. The van der Waals surface area contributed by atoms with Gasteiger partial charge in [-0.2, -0.15) is 0 Å². The van der Waals surface area contributed by atoms with Gasteiger partial charge in [0, 0.05) is 11.0 Å². The molecule has 1 saturated heterocycles. The fourth-order valence-electron chi connectivity index (χ4n) is 2.96. The number of nitrogens with zero attached hydrogens (tertiary/aromatic N) is 3. The number of aromatic nitrogens is 2. The first kappa shape index (κ1) is 14.4. The average molecular weight is 357 g/mol. The van der Waals surface area contributed by atoms with Crippen LogP contribution in [0.3, 0.4) is 0 Å². The van der Waals surface area contributed by atoms with Gasteiger partial charge in [-0.1, -0.05) is 15.9 Å². The molecule has 0 aliphatic carbocycles. The minimum Gasteiger partial charge on any atom is -0.327 e. The van der Waals surface area contributed by atoms with Gasteiger partial charge >= 0.3 is 0 Å². The smallest absolute Gasteiger partial charge is 0.124 e. The molecule has 0 radical (unpaired) electrons. The summed E-state index contributed by atoms with van der Waals surface area (Å²) < 4.78 is 3.36. The standard InChI is InChI=1S/C15H19BrClN3/c16-12-4-5-13-14(10-12)20(15(11-17)18-13)9-3-8-19-6-1-2-7-19/h4-5,10H,1-3,6-9,11H2. The van der Waals surface area contributed by atoms with Gasteiger partial charge in [-0.25, -0.2) is 4.98 Å². The number of alkyl halides is 1. The van der Waals surface area contributed by atoms with Crippen molar-refractivity contribution >= 4 is 38.6 Å². The molecule has 0 bridgehead atoms. The quantitative estimate of drug-likeness (QED) is 0.754. The van der Waals surface area contributed by atoms with Crippen molar-refractivity contribution < 1.29 is 0 Å². The van der Waals surface area contributed by atoms with E-state index in [0.29, 0.717) is 5.88 Å². The molecular weight excluding hydrogens is 338 g/mol. The first-order valence-electron chi connectivity index (χ1n) is 7.21. The van der Waals surface area contributed by atoms with Gasteiger partial charge in [-0.05, 0) is 57.1 Å². The maximum absolute atomic E-state index is 6.04. The van der Waals surface area contributed by atoms with Crippen LogP contribution in [0.15, 0.2) is 22.7 Å². The summed E-state index contributed by atoms with van der Waals surface area (Å²) in [6.45, 7) is 4.69. The Kier molecular flexibility index (Phi) is 4.64. The van der Waals surface area contributed by atoms with Crippen molar-refractivity contribution in [3.05, 3.63) is 28.5 Å². The van der Waals surface area contributed by atoms with Gasteiger partial charge in [0.25, 0.3) is 0 Å². The third-order valence-corrected chi connectivity index (χ3v) is 4.70. The summed E-state index contributed by atoms with van der Waals surface area (Å²) in [6.07, 6.45) is 3.86. The van der Waals surface area contributed by atoms with Gasteiger partial charge < -0.3 is 9.47 Å².